The van der Waals surface area contributed by atoms with Gasteiger partial charge in [-0.2, -0.15) is 0 Å². The van der Waals surface area contributed by atoms with Crippen molar-refractivity contribution in [2.24, 2.45) is 0 Å². The van der Waals surface area contributed by atoms with Crippen molar-refractivity contribution in [3.8, 4) is 23.0 Å². The number of urea groups is 1. The van der Waals surface area contributed by atoms with E-state index in [9.17, 15) is 19.5 Å². The van der Waals surface area contributed by atoms with Gasteiger partial charge in [0.25, 0.3) is 11.8 Å². The number of nitrogens with one attached hydrogen (secondary N) is 1. The van der Waals surface area contributed by atoms with Crippen LogP contribution in [0.15, 0.2) is 42.0 Å². The lowest BCUT2D eigenvalue weighted by Crippen LogP contribution is -2.53. The number of phenols is 1. The Hall–Kier alpha value is -4.01. The van der Waals surface area contributed by atoms with Crippen LogP contribution in [0.25, 0.3) is 6.08 Å². The number of hydrogen-bond donors (Lipinski definition) is 2. The minimum atomic E-state index is -0.818. The van der Waals surface area contributed by atoms with Gasteiger partial charge < -0.3 is 19.3 Å². The maximum absolute atomic E-state index is 12.9. The molecule has 0 aromatic heterocycles. The van der Waals surface area contributed by atoms with Crippen molar-refractivity contribution in [1.29, 1.82) is 0 Å². The van der Waals surface area contributed by atoms with E-state index in [1.54, 1.807) is 24.3 Å². The molecule has 2 aromatic rings. The Morgan fingerprint density at radius 3 is 2.10 bits per heavy atom. The van der Waals surface area contributed by atoms with Gasteiger partial charge in [-0.3, -0.25) is 19.8 Å². The molecule has 30 heavy (non-hydrogen) atoms. The van der Waals surface area contributed by atoms with Gasteiger partial charge in [-0.05, 0) is 41.5 Å². The fourth-order valence-corrected chi connectivity index (χ4v) is 2.91. The van der Waals surface area contributed by atoms with Gasteiger partial charge in [0, 0.05) is 0 Å². The van der Waals surface area contributed by atoms with Crippen LogP contribution in [0.1, 0.15) is 11.1 Å². The molecule has 1 aliphatic rings. The maximum atomic E-state index is 12.9. The quantitative estimate of drug-likeness (QED) is 0.551. The van der Waals surface area contributed by atoms with Gasteiger partial charge in [-0.15, -0.1) is 0 Å². The molecule has 0 spiro atoms. The van der Waals surface area contributed by atoms with Gasteiger partial charge in [0.15, 0.2) is 11.5 Å². The number of phenolic OH excluding ortho intramolecular Hbond substituents is 1. The van der Waals surface area contributed by atoms with Crippen molar-refractivity contribution in [2.75, 3.05) is 21.3 Å². The molecule has 0 aliphatic carbocycles. The number of hydrogen-bond acceptors (Lipinski definition) is 7. The summed E-state index contributed by atoms with van der Waals surface area (Å²) in [6.07, 6.45) is 1.30. The third-order valence-corrected chi connectivity index (χ3v) is 4.50. The van der Waals surface area contributed by atoms with Crippen LogP contribution >= 0.6 is 0 Å². The second-order valence-electron chi connectivity index (χ2n) is 6.33. The summed E-state index contributed by atoms with van der Waals surface area (Å²) in [5, 5.41) is 12.2. The van der Waals surface area contributed by atoms with Crippen LogP contribution in [0.2, 0.25) is 0 Å². The lowest BCUT2D eigenvalue weighted by molar-refractivity contribution is -0.130. The molecule has 1 fully saturated rings. The lowest BCUT2D eigenvalue weighted by atomic mass is 10.1. The van der Waals surface area contributed by atoms with E-state index in [2.05, 4.69) is 5.32 Å². The van der Waals surface area contributed by atoms with Crippen LogP contribution in [-0.2, 0) is 16.1 Å². The predicted octanol–water partition coefficient (Wildman–Crippen LogP) is 2.08. The van der Waals surface area contributed by atoms with Crippen molar-refractivity contribution in [2.45, 2.75) is 6.54 Å². The molecule has 156 valence electrons. The fraction of sp³-hybridized carbons (Fsp3) is 0.190. The monoisotopic (exact) mass is 412 g/mol. The molecular formula is C21H20N2O7. The van der Waals surface area contributed by atoms with E-state index >= 15 is 0 Å². The SMILES string of the molecule is COc1ccc(CN2C(=O)NC(=O)/C(=C/c3cc(OC)c(O)c(OC)c3)C2=O)cc1. The predicted molar refractivity (Wildman–Crippen MR) is 106 cm³/mol. The highest BCUT2D eigenvalue weighted by atomic mass is 16.5. The average Bonchev–Trinajstić information content (AvgIpc) is 2.75. The fourth-order valence-electron chi connectivity index (χ4n) is 2.91. The minimum Gasteiger partial charge on any atom is -0.502 e. The smallest absolute Gasteiger partial charge is 0.331 e. The molecule has 0 saturated carbocycles. The summed E-state index contributed by atoms with van der Waals surface area (Å²) in [6.45, 7) is -0.0263. The largest absolute Gasteiger partial charge is 0.502 e. The van der Waals surface area contributed by atoms with E-state index in [0.717, 1.165) is 4.90 Å². The van der Waals surface area contributed by atoms with Gasteiger partial charge in [0.1, 0.15) is 11.3 Å². The number of carbonyl (C=O) groups excluding carboxylic acids is 3. The van der Waals surface area contributed by atoms with Gasteiger partial charge in [0.05, 0.1) is 27.9 Å². The van der Waals surface area contributed by atoms with Crippen LogP contribution in [0.3, 0.4) is 0 Å². The van der Waals surface area contributed by atoms with E-state index in [-0.39, 0.29) is 29.4 Å². The Bertz CT molecular complexity index is 1000. The molecule has 9 nitrogen and oxygen atoms in total. The molecule has 1 heterocycles. The molecule has 0 unspecified atom stereocenters. The third kappa shape index (κ3) is 4.04. The molecular weight excluding hydrogens is 392 g/mol. The van der Waals surface area contributed by atoms with Crippen LogP contribution in [0.4, 0.5) is 4.79 Å². The van der Waals surface area contributed by atoms with Gasteiger partial charge >= 0.3 is 6.03 Å². The maximum Gasteiger partial charge on any atom is 0.331 e. The number of aromatic hydroxyl groups is 1. The normalized spacial score (nSPS) is 15.2. The summed E-state index contributed by atoms with van der Waals surface area (Å²) in [6, 6.07) is 8.92. The zero-order valence-corrected chi connectivity index (χ0v) is 16.6. The van der Waals surface area contributed by atoms with E-state index in [4.69, 9.17) is 14.2 Å². The number of carbonyl (C=O) groups is 3. The third-order valence-electron chi connectivity index (χ3n) is 4.50. The van der Waals surface area contributed by atoms with Crippen molar-refractivity contribution in [3.05, 3.63) is 53.1 Å². The van der Waals surface area contributed by atoms with Crippen LogP contribution < -0.4 is 19.5 Å². The number of nitrogens with zero attached hydrogens (tertiary/aromatic N) is 1. The lowest BCUT2D eigenvalue weighted by Gasteiger charge is -2.26. The Labute approximate surface area is 172 Å². The van der Waals surface area contributed by atoms with Crippen molar-refractivity contribution >= 4 is 23.9 Å². The summed E-state index contributed by atoms with van der Waals surface area (Å²) < 4.78 is 15.3. The Kier molecular flexibility index (Phi) is 5.91. The molecule has 1 saturated heterocycles. The number of imide groups is 2. The van der Waals surface area contributed by atoms with Crippen molar-refractivity contribution in [1.82, 2.24) is 10.2 Å². The first-order valence-corrected chi connectivity index (χ1v) is 8.84. The number of barbiturate groups is 1. The van der Waals surface area contributed by atoms with Crippen LogP contribution in [0, 0.1) is 0 Å². The standard InChI is InChI=1S/C21H20N2O7/c1-28-14-6-4-12(5-7-14)11-23-20(26)15(19(25)22-21(23)27)8-13-9-16(29-2)18(24)17(10-13)30-3/h4-10,24H,11H2,1-3H3,(H,22,25,27)/b15-8-. The van der Waals surface area contributed by atoms with E-state index in [0.29, 0.717) is 16.9 Å². The van der Waals surface area contributed by atoms with Crippen molar-refractivity contribution in [3.63, 3.8) is 0 Å². The molecule has 0 atom stereocenters. The number of ether oxygens (including phenoxy) is 3. The number of rotatable bonds is 6. The first-order chi connectivity index (χ1) is 14.4. The van der Waals surface area contributed by atoms with E-state index in [1.165, 1.54) is 39.5 Å². The molecule has 1 aliphatic heterocycles. The first-order valence-electron chi connectivity index (χ1n) is 8.84. The Morgan fingerprint density at radius 2 is 1.57 bits per heavy atom. The number of amides is 4. The van der Waals surface area contributed by atoms with Crippen LogP contribution in [-0.4, -0.2) is 49.2 Å². The first kappa shape index (κ1) is 20.7. The highest BCUT2D eigenvalue weighted by Crippen LogP contribution is 2.37. The Morgan fingerprint density at radius 1 is 0.967 bits per heavy atom. The molecule has 2 N–H and O–H groups in total. The summed E-state index contributed by atoms with van der Waals surface area (Å²) in [7, 11) is 4.25. The number of methoxy groups -OCH3 is 3. The molecule has 3 rings (SSSR count). The summed E-state index contributed by atoms with van der Waals surface area (Å²) in [4.78, 5) is 38.4. The molecule has 0 radical (unpaired) electrons. The highest BCUT2D eigenvalue weighted by molar-refractivity contribution is 6.31. The van der Waals surface area contributed by atoms with Gasteiger partial charge in [-0.1, -0.05) is 12.1 Å². The zero-order chi connectivity index (χ0) is 21.8. The molecule has 0 bridgehead atoms. The second-order valence-corrected chi connectivity index (χ2v) is 6.33. The summed E-state index contributed by atoms with van der Waals surface area (Å²) in [5.74, 6) is -0.920. The highest BCUT2D eigenvalue weighted by Gasteiger charge is 2.35. The topological polar surface area (TPSA) is 114 Å². The molecule has 9 heteroatoms. The molecule has 4 amide bonds. The number of benzene rings is 2. The summed E-state index contributed by atoms with van der Waals surface area (Å²) in [5.41, 5.74) is 0.817. The Balaban J connectivity index is 1.93. The van der Waals surface area contributed by atoms with Gasteiger partial charge in [-0.25, -0.2) is 4.79 Å². The average molecular weight is 412 g/mol. The second kappa shape index (κ2) is 8.56. The minimum absolute atomic E-state index is 0.0263. The van der Waals surface area contributed by atoms with Crippen molar-refractivity contribution < 1.29 is 33.7 Å². The zero-order valence-electron chi connectivity index (χ0n) is 16.6. The summed E-state index contributed by atoms with van der Waals surface area (Å²) >= 11 is 0. The molecule has 2 aromatic carbocycles. The van der Waals surface area contributed by atoms with Gasteiger partial charge in [0.2, 0.25) is 5.75 Å². The van der Waals surface area contributed by atoms with E-state index in [1.807, 2.05) is 0 Å². The van der Waals surface area contributed by atoms with Crippen LogP contribution in [0.5, 0.6) is 23.0 Å². The van der Waals surface area contributed by atoms with E-state index < -0.39 is 17.8 Å².